The Balaban J connectivity index is 1.58. The van der Waals surface area contributed by atoms with Crippen molar-refractivity contribution < 1.29 is 9.90 Å². The second kappa shape index (κ2) is 7.36. The molecule has 2 heterocycles. The zero-order valence-corrected chi connectivity index (χ0v) is 17.0. The molecule has 0 bridgehead atoms. The molecule has 2 aromatic rings. The number of thiazole rings is 1. The van der Waals surface area contributed by atoms with Gasteiger partial charge in [-0.2, -0.15) is 0 Å². The average Bonchev–Trinajstić information content (AvgIpc) is 2.99. The number of hydrogen-bond donors (Lipinski definition) is 1. The van der Waals surface area contributed by atoms with Crippen molar-refractivity contribution >= 4 is 17.2 Å². The van der Waals surface area contributed by atoms with Crippen LogP contribution in [0.15, 0.2) is 30.3 Å². The number of likely N-dealkylation sites (tertiary alicyclic amines) is 1. The van der Waals surface area contributed by atoms with Crippen LogP contribution in [0.5, 0.6) is 0 Å². The van der Waals surface area contributed by atoms with Crippen molar-refractivity contribution in [3.8, 4) is 0 Å². The number of hydrogen-bond acceptors (Lipinski definition) is 4. The minimum atomic E-state index is -0.819. The molecule has 2 aliphatic rings. The van der Waals surface area contributed by atoms with Gasteiger partial charge in [0, 0.05) is 23.4 Å². The molecule has 144 valence electrons. The number of aliphatic hydroxyl groups is 1. The molecule has 4 nitrogen and oxygen atoms in total. The Labute approximate surface area is 165 Å². The van der Waals surface area contributed by atoms with Crippen LogP contribution in [0.25, 0.3) is 0 Å². The number of piperidine rings is 1. The van der Waals surface area contributed by atoms with E-state index in [1.807, 2.05) is 44.2 Å². The Bertz CT molecular complexity index is 819. The first kappa shape index (κ1) is 18.6. The highest BCUT2D eigenvalue weighted by atomic mass is 32.1. The first-order valence-electron chi connectivity index (χ1n) is 9.99. The van der Waals surface area contributed by atoms with Gasteiger partial charge >= 0.3 is 0 Å². The molecule has 1 aromatic carbocycles. The molecule has 1 aromatic heterocycles. The van der Waals surface area contributed by atoms with Gasteiger partial charge in [-0.3, -0.25) is 4.79 Å². The van der Waals surface area contributed by atoms with Crippen molar-refractivity contribution in [1.29, 1.82) is 0 Å². The summed E-state index contributed by atoms with van der Waals surface area (Å²) < 4.78 is 0. The number of nitrogens with zero attached hydrogens (tertiary/aromatic N) is 2. The number of aromatic nitrogens is 1. The third-order valence-electron chi connectivity index (χ3n) is 6.38. The summed E-state index contributed by atoms with van der Waals surface area (Å²) in [6, 6.07) is 10.2. The summed E-state index contributed by atoms with van der Waals surface area (Å²) in [5.74, 6) is 0.310. The molecule has 1 saturated heterocycles. The van der Waals surface area contributed by atoms with Crippen LogP contribution in [-0.4, -0.2) is 33.5 Å². The lowest BCUT2D eigenvalue weighted by Crippen LogP contribution is -2.59. The second-order valence-corrected chi connectivity index (χ2v) is 9.29. The molecule has 0 spiro atoms. The lowest BCUT2D eigenvalue weighted by atomic mass is 9.66. The molecule has 2 fully saturated rings. The van der Waals surface area contributed by atoms with Crippen LogP contribution in [-0.2, 0) is 16.8 Å². The molecule has 1 N–H and O–H groups in total. The summed E-state index contributed by atoms with van der Waals surface area (Å²) >= 11 is 1.62. The molecule has 0 unspecified atom stereocenters. The van der Waals surface area contributed by atoms with Crippen LogP contribution in [0.1, 0.15) is 53.2 Å². The van der Waals surface area contributed by atoms with Gasteiger partial charge in [0.15, 0.2) is 0 Å². The largest absolute Gasteiger partial charge is 0.385 e. The number of amides is 1. The number of fused-ring (bicyclic) bond motifs is 1. The van der Waals surface area contributed by atoms with Crippen molar-refractivity contribution in [2.75, 3.05) is 6.54 Å². The SMILES string of the molecule is Cc1nc(C)c(CC(=O)N2CC[C@@](O)(c3ccccc3)[C@@H]3CCCC[C@H]32)s1. The van der Waals surface area contributed by atoms with Gasteiger partial charge < -0.3 is 10.0 Å². The van der Waals surface area contributed by atoms with Gasteiger partial charge in [0.05, 0.1) is 22.7 Å². The predicted octanol–water partition coefficient (Wildman–Crippen LogP) is 3.98. The molecule has 3 atom stereocenters. The molecule has 27 heavy (non-hydrogen) atoms. The number of carbonyl (C=O) groups excluding carboxylic acids is 1. The van der Waals surface area contributed by atoms with E-state index in [1.54, 1.807) is 11.3 Å². The Morgan fingerprint density at radius 1 is 1.26 bits per heavy atom. The highest BCUT2D eigenvalue weighted by molar-refractivity contribution is 7.11. The van der Waals surface area contributed by atoms with Gasteiger partial charge in [-0.25, -0.2) is 4.98 Å². The fourth-order valence-corrected chi connectivity index (χ4v) is 5.98. The Morgan fingerprint density at radius 2 is 2.00 bits per heavy atom. The van der Waals surface area contributed by atoms with E-state index >= 15 is 0 Å². The average molecular weight is 385 g/mol. The maximum Gasteiger partial charge on any atom is 0.228 e. The van der Waals surface area contributed by atoms with Gasteiger partial charge in [0.25, 0.3) is 0 Å². The van der Waals surface area contributed by atoms with E-state index in [-0.39, 0.29) is 17.9 Å². The first-order chi connectivity index (χ1) is 13.0. The number of carbonyl (C=O) groups is 1. The van der Waals surface area contributed by atoms with Crippen molar-refractivity contribution in [2.24, 2.45) is 5.92 Å². The van der Waals surface area contributed by atoms with E-state index in [2.05, 4.69) is 9.88 Å². The molecule has 1 aliphatic carbocycles. The molecule has 0 radical (unpaired) electrons. The monoisotopic (exact) mass is 384 g/mol. The molecule has 1 aliphatic heterocycles. The van der Waals surface area contributed by atoms with Crippen LogP contribution in [0.3, 0.4) is 0 Å². The summed E-state index contributed by atoms with van der Waals surface area (Å²) in [6.07, 6.45) is 5.29. The topological polar surface area (TPSA) is 53.4 Å². The third-order valence-corrected chi connectivity index (χ3v) is 7.46. The Morgan fingerprint density at radius 3 is 2.70 bits per heavy atom. The van der Waals surface area contributed by atoms with E-state index in [1.165, 1.54) is 0 Å². The van der Waals surface area contributed by atoms with E-state index in [0.29, 0.717) is 19.4 Å². The summed E-state index contributed by atoms with van der Waals surface area (Å²) in [6.45, 7) is 4.60. The minimum absolute atomic E-state index is 0.121. The van der Waals surface area contributed by atoms with E-state index in [9.17, 15) is 9.90 Å². The van der Waals surface area contributed by atoms with Crippen LogP contribution in [0.2, 0.25) is 0 Å². The summed E-state index contributed by atoms with van der Waals surface area (Å²) in [7, 11) is 0. The van der Waals surface area contributed by atoms with Crippen LogP contribution < -0.4 is 0 Å². The number of benzene rings is 1. The zero-order chi connectivity index (χ0) is 19.0. The maximum atomic E-state index is 13.2. The number of aryl methyl sites for hydroxylation is 2. The molecule has 1 saturated carbocycles. The van der Waals surface area contributed by atoms with Gasteiger partial charge in [0.2, 0.25) is 5.91 Å². The molecular formula is C22H28N2O2S. The van der Waals surface area contributed by atoms with E-state index in [0.717, 1.165) is 46.8 Å². The quantitative estimate of drug-likeness (QED) is 0.871. The Kier molecular flexibility index (Phi) is 5.08. The van der Waals surface area contributed by atoms with E-state index < -0.39 is 5.60 Å². The van der Waals surface area contributed by atoms with Crippen LogP contribution in [0.4, 0.5) is 0 Å². The standard InChI is InChI=1S/C22H28N2O2S/c1-15-20(27-16(2)23-15)14-21(25)24-13-12-22(26,17-8-4-3-5-9-17)18-10-6-7-11-19(18)24/h3-5,8-9,18-19,26H,6-7,10-14H2,1-2H3/t18-,19-,22-/m1/s1. The summed E-state index contributed by atoms with van der Waals surface area (Å²) in [4.78, 5) is 20.8. The maximum absolute atomic E-state index is 13.2. The third kappa shape index (κ3) is 3.43. The summed E-state index contributed by atoms with van der Waals surface area (Å²) in [5, 5.41) is 12.6. The van der Waals surface area contributed by atoms with Crippen LogP contribution in [0, 0.1) is 19.8 Å². The second-order valence-electron chi connectivity index (χ2n) is 8.00. The fraction of sp³-hybridized carbons (Fsp3) is 0.545. The van der Waals surface area contributed by atoms with Crippen molar-refractivity contribution in [1.82, 2.24) is 9.88 Å². The fourth-order valence-electron chi connectivity index (χ4n) is 5.05. The van der Waals surface area contributed by atoms with Crippen LogP contribution >= 0.6 is 11.3 Å². The van der Waals surface area contributed by atoms with Gasteiger partial charge in [-0.05, 0) is 38.7 Å². The predicted molar refractivity (Wildman–Crippen MR) is 108 cm³/mol. The highest BCUT2D eigenvalue weighted by Crippen LogP contribution is 2.47. The molecule has 1 amide bonds. The smallest absolute Gasteiger partial charge is 0.228 e. The minimum Gasteiger partial charge on any atom is -0.385 e. The lowest BCUT2D eigenvalue weighted by Gasteiger charge is -2.52. The normalized spacial score (nSPS) is 28.0. The zero-order valence-electron chi connectivity index (χ0n) is 16.1. The van der Waals surface area contributed by atoms with Crippen molar-refractivity contribution in [3.05, 3.63) is 51.5 Å². The van der Waals surface area contributed by atoms with Gasteiger partial charge in [-0.1, -0.05) is 43.2 Å². The number of rotatable bonds is 3. The highest BCUT2D eigenvalue weighted by Gasteiger charge is 2.50. The molecular weight excluding hydrogens is 356 g/mol. The van der Waals surface area contributed by atoms with Crippen molar-refractivity contribution in [2.45, 2.75) is 64.0 Å². The summed E-state index contributed by atoms with van der Waals surface area (Å²) in [5.41, 5.74) is 1.16. The van der Waals surface area contributed by atoms with Crippen molar-refractivity contribution in [3.63, 3.8) is 0 Å². The van der Waals surface area contributed by atoms with Gasteiger partial charge in [0.1, 0.15) is 0 Å². The first-order valence-corrected chi connectivity index (χ1v) is 10.8. The molecule has 4 rings (SSSR count). The molecule has 5 heteroatoms. The lowest BCUT2D eigenvalue weighted by molar-refractivity contribution is -0.154. The van der Waals surface area contributed by atoms with E-state index in [4.69, 9.17) is 0 Å². The Hall–Kier alpha value is -1.72. The van der Waals surface area contributed by atoms with Gasteiger partial charge in [-0.15, -0.1) is 11.3 Å².